The van der Waals surface area contributed by atoms with Gasteiger partial charge < -0.3 is 9.84 Å². The molecule has 20 heavy (non-hydrogen) atoms. The fourth-order valence-electron chi connectivity index (χ4n) is 4.40. The smallest absolute Gasteiger partial charge is 0.160 e. The minimum atomic E-state index is 0.285. The van der Waals surface area contributed by atoms with Gasteiger partial charge in [0.25, 0.3) is 0 Å². The van der Waals surface area contributed by atoms with Crippen molar-refractivity contribution in [1.29, 1.82) is 0 Å². The van der Waals surface area contributed by atoms with Gasteiger partial charge in [-0.3, -0.25) is 0 Å². The molecular formula is C18H26O2. The molecule has 2 heteroatoms. The predicted octanol–water partition coefficient (Wildman–Crippen LogP) is 4.19. The van der Waals surface area contributed by atoms with E-state index in [4.69, 9.17) is 4.74 Å². The fraction of sp³-hybridized carbons (Fsp3) is 0.667. The summed E-state index contributed by atoms with van der Waals surface area (Å²) in [6.07, 6.45) is 6.34. The first kappa shape index (κ1) is 13.8. The Hall–Kier alpha value is -1.18. The lowest BCUT2D eigenvalue weighted by Crippen LogP contribution is -2.25. The summed E-state index contributed by atoms with van der Waals surface area (Å²) < 4.78 is 5.26. The number of ether oxygens (including phenoxy) is 1. The first-order valence-electron chi connectivity index (χ1n) is 7.99. The lowest BCUT2D eigenvalue weighted by atomic mass is 9.73. The number of aryl methyl sites for hydroxylation is 1. The number of methoxy groups -OCH3 is 1. The van der Waals surface area contributed by atoms with E-state index in [9.17, 15) is 5.11 Å². The second-order valence-corrected chi connectivity index (χ2v) is 6.87. The third-order valence-corrected chi connectivity index (χ3v) is 5.90. The highest BCUT2D eigenvalue weighted by Crippen LogP contribution is 2.45. The lowest BCUT2D eigenvalue weighted by molar-refractivity contribution is 0.229. The van der Waals surface area contributed by atoms with Gasteiger partial charge in [0.15, 0.2) is 11.5 Å². The molecular weight excluding hydrogens is 248 g/mol. The largest absolute Gasteiger partial charge is 0.504 e. The van der Waals surface area contributed by atoms with Gasteiger partial charge in [-0.2, -0.15) is 0 Å². The number of benzene rings is 1. The van der Waals surface area contributed by atoms with Crippen molar-refractivity contribution in [2.24, 2.45) is 23.7 Å². The number of aromatic hydroxyl groups is 1. The van der Waals surface area contributed by atoms with E-state index in [0.717, 1.165) is 36.5 Å². The van der Waals surface area contributed by atoms with E-state index in [1.165, 1.54) is 30.4 Å². The van der Waals surface area contributed by atoms with Crippen LogP contribution in [0.3, 0.4) is 0 Å². The highest BCUT2D eigenvalue weighted by Gasteiger charge is 2.36. The third kappa shape index (κ3) is 2.30. The van der Waals surface area contributed by atoms with Crippen LogP contribution in [0.4, 0.5) is 0 Å². The monoisotopic (exact) mass is 274 g/mol. The van der Waals surface area contributed by atoms with Crippen LogP contribution in [0.5, 0.6) is 11.5 Å². The van der Waals surface area contributed by atoms with Crippen molar-refractivity contribution in [3.63, 3.8) is 0 Å². The van der Waals surface area contributed by atoms with Crippen LogP contribution in [0, 0.1) is 23.7 Å². The summed E-state index contributed by atoms with van der Waals surface area (Å²) in [4.78, 5) is 0. The molecule has 0 amide bonds. The summed E-state index contributed by atoms with van der Waals surface area (Å²) in [5, 5.41) is 9.90. The molecule has 1 aromatic carbocycles. The van der Waals surface area contributed by atoms with Crippen LogP contribution in [0.2, 0.25) is 0 Å². The molecule has 0 bridgehead atoms. The number of phenolic OH excluding ortho intramolecular Hbond substituents is 1. The van der Waals surface area contributed by atoms with Crippen molar-refractivity contribution in [3.8, 4) is 11.5 Å². The van der Waals surface area contributed by atoms with E-state index in [2.05, 4.69) is 19.9 Å². The number of hydrogen-bond donors (Lipinski definition) is 1. The van der Waals surface area contributed by atoms with Crippen molar-refractivity contribution in [2.45, 2.75) is 46.0 Å². The van der Waals surface area contributed by atoms with Crippen LogP contribution < -0.4 is 4.74 Å². The molecule has 110 valence electrons. The SMILES string of the molecule is COc1cc2c(cc1O)CCC(C1CCC(C)C1C)C2. The zero-order chi connectivity index (χ0) is 14.3. The van der Waals surface area contributed by atoms with Crippen LogP contribution in [0.15, 0.2) is 12.1 Å². The Balaban J connectivity index is 1.81. The quantitative estimate of drug-likeness (QED) is 0.876. The molecule has 3 rings (SSSR count). The second-order valence-electron chi connectivity index (χ2n) is 6.87. The molecule has 2 aliphatic rings. The molecule has 2 nitrogen and oxygen atoms in total. The highest BCUT2D eigenvalue weighted by molar-refractivity contribution is 5.47. The van der Waals surface area contributed by atoms with Crippen molar-refractivity contribution in [1.82, 2.24) is 0 Å². The van der Waals surface area contributed by atoms with Crippen LogP contribution in [-0.4, -0.2) is 12.2 Å². The normalized spacial score (nSPS) is 33.0. The van der Waals surface area contributed by atoms with E-state index in [1.807, 2.05) is 6.07 Å². The fourth-order valence-corrected chi connectivity index (χ4v) is 4.40. The zero-order valence-electron chi connectivity index (χ0n) is 12.9. The molecule has 1 saturated carbocycles. The summed E-state index contributed by atoms with van der Waals surface area (Å²) in [7, 11) is 1.63. The Morgan fingerprint density at radius 1 is 1.10 bits per heavy atom. The van der Waals surface area contributed by atoms with Crippen LogP contribution in [0.25, 0.3) is 0 Å². The van der Waals surface area contributed by atoms with Gasteiger partial charge in [-0.15, -0.1) is 0 Å². The lowest BCUT2D eigenvalue weighted by Gasteiger charge is -2.32. The molecule has 4 unspecified atom stereocenters. The van der Waals surface area contributed by atoms with Gasteiger partial charge in [0.2, 0.25) is 0 Å². The number of rotatable bonds is 2. The van der Waals surface area contributed by atoms with Crippen LogP contribution >= 0.6 is 0 Å². The third-order valence-electron chi connectivity index (χ3n) is 5.90. The average Bonchev–Trinajstić information content (AvgIpc) is 2.78. The Bertz CT molecular complexity index is 494. The van der Waals surface area contributed by atoms with Crippen LogP contribution in [0.1, 0.15) is 44.2 Å². The Morgan fingerprint density at radius 3 is 2.55 bits per heavy atom. The molecule has 0 aliphatic heterocycles. The molecule has 0 saturated heterocycles. The van der Waals surface area contributed by atoms with Crippen molar-refractivity contribution >= 4 is 0 Å². The zero-order valence-corrected chi connectivity index (χ0v) is 12.9. The molecule has 0 heterocycles. The Morgan fingerprint density at radius 2 is 1.90 bits per heavy atom. The van der Waals surface area contributed by atoms with Crippen molar-refractivity contribution in [3.05, 3.63) is 23.3 Å². The topological polar surface area (TPSA) is 29.5 Å². The molecule has 1 aromatic rings. The van der Waals surface area contributed by atoms with E-state index < -0.39 is 0 Å². The van der Waals surface area contributed by atoms with Gasteiger partial charge in [-0.1, -0.05) is 20.3 Å². The maximum Gasteiger partial charge on any atom is 0.160 e. The molecule has 4 atom stereocenters. The molecule has 0 aromatic heterocycles. The second kappa shape index (κ2) is 5.31. The van der Waals surface area contributed by atoms with E-state index in [-0.39, 0.29) is 5.75 Å². The molecule has 1 N–H and O–H groups in total. The summed E-state index contributed by atoms with van der Waals surface area (Å²) in [5.41, 5.74) is 2.71. The van der Waals surface area contributed by atoms with Gasteiger partial charge in [0.05, 0.1) is 7.11 Å². The van der Waals surface area contributed by atoms with Crippen molar-refractivity contribution in [2.75, 3.05) is 7.11 Å². The molecule has 2 aliphatic carbocycles. The summed E-state index contributed by atoms with van der Waals surface area (Å²) >= 11 is 0. The minimum absolute atomic E-state index is 0.285. The first-order valence-corrected chi connectivity index (χ1v) is 7.99. The number of fused-ring (bicyclic) bond motifs is 1. The van der Waals surface area contributed by atoms with Gasteiger partial charge >= 0.3 is 0 Å². The van der Waals surface area contributed by atoms with Gasteiger partial charge in [-0.25, -0.2) is 0 Å². The van der Waals surface area contributed by atoms with E-state index in [1.54, 1.807) is 7.11 Å². The summed E-state index contributed by atoms with van der Waals surface area (Å²) in [6, 6.07) is 3.96. The summed E-state index contributed by atoms with van der Waals surface area (Å²) in [5.74, 6) is 4.36. The van der Waals surface area contributed by atoms with Crippen LogP contribution in [-0.2, 0) is 12.8 Å². The minimum Gasteiger partial charge on any atom is -0.504 e. The standard InChI is InChI=1S/C18H26O2/c1-11-4-7-16(12(11)2)14-6-5-13-9-17(19)18(20-3)10-15(13)8-14/h9-12,14,16,19H,4-8H2,1-3H3. The number of hydrogen-bond acceptors (Lipinski definition) is 2. The molecule has 0 radical (unpaired) electrons. The van der Waals surface area contributed by atoms with E-state index >= 15 is 0 Å². The first-order chi connectivity index (χ1) is 9.60. The summed E-state index contributed by atoms with van der Waals surface area (Å²) in [6.45, 7) is 4.85. The maximum absolute atomic E-state index is 9.90. The Kier molecular flexibility index (Phi) is 3.66. The average molecular weight is 274 g/mol. The maximum atomic E-state index is 9.90. The highest BCUT2D eigenvalue weighted by atomic mass is 16.5. The van der Waals surface area contributed by atoms with Gasteiger partial charge in [0, 0.05) is 0 Å². The van der Waals surface area contributed by atoms with Gasteiger partial charge in [-0.05, 0) is 72.6 Å². The molecule has 1 fully saturated rings. The van der Waals surface area contributed by atoms with Gasteiger partial charge in [0.1, 0.15) is 0 Å². The predicted molar refractivity (Wildman–Crippen MR) is 81.2 cm³/mol. The molecule has 0 spiro atoms. The van der Waals surface area contributed by atoms with Crippen molar-refractivity contribution < 1.29 is 9.84 Å². The van der Waals surface area contributed by atoms with E-state index in [0.29, 0.717) is 5.75 Å². The number of phenols is 1. The Labute approximate surface area is 122 Å².